The first-order chi connectivity index (χ1) is 10.3. The molecule has 1 N–H and O–H groups in total. The summed E-state index contributed by atoms with van der Waals surface area (Å²) in [4.78, 5) is 0. The number of ether oxygens (including phenoxy) is 1. The zero-order valence-corrected chi connectivity index (χ0v) is 13.7. The molecule has 21 heavy (non-hydrogen) atoms. The molecule has 0 spiro atoms. The van der Waals surface area contributed by atoms with Crippen molar-refractivity contribution in [2.24, 2.45) is 0 Å². The Labute approximate surface area is 130 Å². The summed E-state index contributed by atoms with van der Waals surface area (Å²) in [6.45, 7) is 5.53. The van der Waals surface area contributed by atoms with Crippen molar-refractivity contribution in [1.82, 2.24) is 5.32 Å². The minimum Gasteiger partial charge on any atom is -0.490 e. The normalized spacial score (nSPS) is 18.2. The summed E-state index contributed by atoms with van der Waals surface area (Å²) in [6, 6.07) is 9.22. The summed E-state index contributed by atoms with van der Waals surface area (Å²) in [7, 11) is 0. The maximum atomic E-state index is 6.16. The van der Waals surface area contributed by atoms with Gasteiger partial charge in [-0.3, -0.25) is 0 Å². The highest BCUT2D eigenvalue weighted by atomic mass is 16.5. The fourth-order valence-electron chi connectivity index (χ4n) is 3.15. The van der Waals surface area contributed by atoms with Gasteiger partial charge in [-0.05, 0) is 62.8 Å². The third-order valence-corrected chi connectivity index (χ3v) is 4.44. The Morgan fingerprint density at radius 2 is 1.71 bits per heavy atom. The smallest absolute Gasteiger partial charge is 0.119 e. The molecule has 1 aliphatic carbocycles. The van der Waals surface area contributed by atoms with Crippen molar-refractivity contribution in [1.29, 1.82) is 0 Å². The molecule has 1 unspecified atom stereocenters. The average Bonchev–Trinajstić information content (AvgIpc) is 2.78. The van der Waals surface area contributed by atoms with Crippen LogP contribution in [0.5, 0.6) is 5.75 Å². The van der Waals surface area contributed by atoms with Crippen LogP contribution in [0.2, 0.25) is 0 Å². The lowest BCUT2D eigenvalue weighted by Crippen LogP contribution is -2.21. The molecule has 2 nitrogen and oxygen atoms in total. The standard InChI is InChI=1S/C19H31NO/c1-3-15-20-19(4-2)16-11-13-18(14-12-16)21-17-9-7-5-6-8-10-17/h11-14,17,19-20H,3-10,15H2,1-2H3. The highest BCUT2D eigenvalue weighted by Gasteiger charge is 2.14. The van der Waals surface area contributed by atoms with E-state index in [1.165, 1.54) is 50.5 Å². The van der Waals surface area contributed by atoms with Gasteiger partial charge in [-0.1, -0.05) is 38.8 Å². The van der Waals surface area contributed by atoms with Crippen molar-refractivity contribution in [3.8, 4) is 5.75 Å². The monoisotopic (exact) mass is 289 g/mol. The Bertz CT molecular complexity index is 379. The number of hydrogen-bond donors (Lipinski definition) is 1. The number of rotatable bonds is 7. The van der Waals surface area contributed by atoms with Crippen LogP contribution in [0.15, 0.2) is 24.3 Å². The Morgan fingerprint density at radius 1 is 1.05 bits per heavy atom. The second-order valence-corrected chi connectivity index (χ2v) is 6.22. The first-order valence-electron chi connectivity index (χ1n) is 8.83. The minimum atomic E-state index is 0.429. The molecule has 0 bridgehead atoms. The predicted molar refractivity (Wildman–Crippen MR) is 89.9 cm³/mol. The predicted octanol–water partition coefficient (Wildman–Crippen LogP) is 5.24. The first kappa shape index (κ1) is 16.4. The van der Waals surface area contributed by atoms with Gasteiger partial charge in [0.05, 0.1) is 6.10 Å². The Balaban J connectivity index is 1.91. The van der Waals surface area contributed by atoms with E-state index in [2.05, 4.69) is 43.4 Å². The van der Waals surface area contributed by atoms with Gasteiger partial charge in [0.25, 0.3) is 0 Å². The van der Waals surface area contributed by atoms with Gasteiger partial charge >= 0.3 is 0 Å². The molecule has 1 aromatic rings. The van der Waals surface area contributed by atoms with Crippen LogP contribution < -0.4 is 10.1 Å². The van der Waals surface area contributed by atoms with E-state index in [1.807, 2.05) is 0 Å². The molecule has 0 radical (unpaired) electrons. The molecule has 0 aliphatic heterocycles. The molecule has 0 amide bonds. The molecule has 0 heterocycles. The zero-order chi connectivity index (χ0) is 14.9. The summed E-state index contributed by atoms with van der Waals surface area (Å²) >= 11 is 0. The van der Waals surface area contributed by atoms with Crippen molar-refractivity contribution in [3.63, 3.8) is 0 Å². The van der Waals surface area contributed by atoms with Gasteiger partial charge in [0.15, 0.2) is 0 Å². The largest absolute Gasteiger partial charge is 0.490 e. The van der Waals surface area contributed by atoms with Crippen molar-refractivity contribution in [3.05, 3.63) is 29.8 Å². The van der Waals surface area contributed by atoms with E-state index in [1.54, 1.807) is 0 Å². The van der Waals surface area contributed by atoms with Gasteiger partial charge in [0.2, 0.25) is 0 Å². The lowest BCUT2D eigenvalue weighted by atomic mass is 10.0. The number of hydrogen-bond acceptors (Lipinski definition) is 2. The van der Waals surface area contributed by atoms with Gasteiger partial charge in [0, 0.05) is 6.04 Å². The molecule has 1 aromatic carbocycles. The van der Waals surface area contributed by atoms with Crippen LogP contribution >= 0.6 is 0 Å². The van der Waals surface area contributed by atoms with E-state index >= 15 is 0 Å². The lowest BCUT2D eigenvalue weighted by molar-refractivity contribution is 0.183. The molecule has 1 saturated carbocycles. The van der Waals surface area contributed by atoms with Crippen molar-refractivity contribution in [2.45, 2.75) is 77.4 Å². The van der Waals surface area contributed by atoms with Crippen LogP contribution in [0.3, 0.4) is 0 Å². The summed E-state index contributed by atoms with van der Waals surface area (Å²) in [5.74, 6) is 1.04. The average molecular weight is 289 g/mol. The Kier molecular flexibility index (Phi) is 7.08. The molecule has 0 aromatic heterocycles. The third-order valence-electron chi connectivity index (χ3n) is 4.44. The third kappa shape index (κ3) is 5.35. The van der Waals surface area contributed by atoms with E-state index < -0.39 is 0 Å². The lowest BCUT2D eigenvalue weighted by Gasteiger charge is -2.19. The van der Waals surface area contributed by atoms with Crippen molar-refractivity contribution < 1.29 is 4.74 Å². The number of benzene rings is 1. The van der Waals surface area contributed by atoms with Gasteiger partial charge in [0.1, 0.15) is 5.75 Å². The Hall–Kier alpha value is -1.02. The van der Waals surface area contributed by atoms with Crippen LogP contribution in [0.4, 0.5) is 0 Å². The zero-order valence-electron chi connectivity index (χ0n) is 13.7. The van der Waals surface area contributed by atoms with Gasteiger partial charge in [-0.2, -0.15) is 0 Å². The van der Waals surface area contributed by atoms with Crippen molar-refractivity contribution >= 4 is 0 Å². The van der Waals surface area contributed by atoms with E-state index in [0.29, 0.717) is 12.1 Å². The molecular formula is C19H31NO. The molecule has 1 fully saturated rings. The molecule has 1 atom stereocenters. The highest BCUT2D eigenvalue weighted by molar-refractivity contribution is 5.29. The maximum Gasteiger partial charge on any atom is 0.119 e. The second-order valence-electron chi connectivity index (χ2n) is 6.22. The minimum absolute atomic E-state index is 0.429. The van der Waals surface area contributed by atoms with E-state index in [-0.39, 0.29) is 0 Å². The SMILES string of the molecule is CCCNC(CC)c1ccc(OC2CCCCCC2)cc1. The van der Waals surface area contributed by atoms with Gasteiger partial charge < -0.3 is 10.1 Å². The molecule has 118 valence electrons. The quantitative estimate of drug-likeness (QED) is 0.693. The first-order valence-corrected chi connectivity index (χ1v) is 8.83. The van der Waals surface area contributed by atoms with Gasteiger partial charge in [-0.15, -0.1) is 0 Å². The molecule has 2 rings (SSSR count). The van der Waals surface area contributed by atoms with Gasteiger partial charge in [-0.25, -0.2) is 0 Å². The van der Waals surface area contributed by atoms with E-state index in [0.717, 1.165) is 18.7 Å². The summed E-state index contributed by atoms with van der Waals surface area (Å²) in [5.41, 5.74) is 1.37. The Morgan fingerprint density at radius 3 is 2.29 bits per heavy atom. The van der Waals surface area contributed by atoms with Crippen LogP contribution in [0, 0.1) is 0 Å². The van der Waals surface area contributed by atoms with Crippen LogP contribution in [0.25, 0.3) is 0 Å². The summed E-state index contributed by atoms with van der Waals surface area (Å²) in [5, 5.41) is 3.60. The maximum absolute atomic E-state index is 6.16. The highest BCUT2D eigenvalue weighted by Crippen LogP contribution is 2.25. The van der Waals surface area contributed by atoms with Crippen LogP contribution in [-0.4, -0.2) is 12.6 Å². The van der Waals surface area contributed by atoms with E-state index in [9.17, 15) is 0 Å². The van der Waals surface area contributed by atoms with E-state index in [4.69, 9.17) is 4.74 Å². The fourth-order valence-corrected chi connectivity index (χ4v) is 3.15. The van der Waals surface area contributed by atoms with Crippen LogP contribution in [0.1, 0.15) is 76.8 Å². The topological polar surface area (TPSA) is 21.3 Å². The van der Waals surface area contributed by atoms with Crippen molar-refractivity contribution in [2.75, 3.05) is 6.54 Å². The number of nitrogens with one attached hydrogen (secondary N) is 1. The molecule has 2 heteroatoms. The summed E-state index contributed by atoms with van der Waals surface area (Å²) in [6.07, 6.45) is 10.6. The molecular weight excluding hydrogens is 258 g/mol. The molecule has 0 saturated heterocycles. The fraction of sp³-hybridized carbons (Fsp3) is 0.684. The second kappa shape index (κ2) is 9.09. The molecule has 1 aliphatic rings. The van der Waals surface area contributed by atoms with Crippen LogP contribution in [-0.2, 0) is 0 Å². The summed E-state index contributed by atoms with van der Waals surface area (Å²) < 4.78 is 6.16.